The fourth-order valence-corrected chi connectivity index (χ4v) is 4.26. The molecule has 2 N–H and O–H groups in total. The van der Waals surface area contributed by atoms with Crippen LogP contribution in [-0.4, -0.2) is 64.1 Å². The first-order valence-corrected chi connectivity index (χ1v) is 17.2. The molecule has 0 heterocycles. The van der Waals surface area contributed by atoms with Gasteiger partial charge in [-0.2, -0.15) is 0 Å². The standard InChI is InChI=1S/C30H44N2O7Si/c1-30(2,3)39-29(35)32-26(27(33)36-4)20-31-25(28(34)37-17-18-40(5,6)7)19-22-13-15-24(16-14-22)38-21-23-11-9-8-10-12-23/h8-16,25-26,31H,17-21H2,1-7H3,(H,32,35)/t25-,26-/m0/s1. The van der Waals surface area contributed by atoms with E-state index >= 15 is 0 Å². The van der Waals surface area contributed by atoms with Crippen molar-refractivity contribution < 1.29 is 33.3 Å². The lowest BCUT2D eigenvalue weighted by atomic mass is 10.1. The number of amides is 1. The number of esters is 2. The third-order valence-corrected chi connectivity index (χ3v) is 7.44. The Morgan fingerprint density at radius 2 is 1.52 bits per heavy atom. The van der Waals surface area contributed by atoms with Gasteiger partial charge in [0.05, 0.1) is 13.7 Å². The molecule has 0 aromatic heterocycles. The second-order valence-electron chi connectivity index (χ2n) is 11.8. The van der Waals surface area contributed by atoms with E-state index < -0.39 is 43.8 Å². The quantitative estimate of drug-likeness (QED) is 0.190. The van der Waals surface area contributed by atoms with Gasteiger partial charge in [0.25, 0.3) is 0 Å². The van der Waals surface area contributed by atoms with Crippen molar-refractivity contribution in [1.82, 2.24) is 10.6 Å². The number of carbonyl (C=O) groups excluding carboxylic acids is 3. The van der Waals surface area contributed by atoms with Crippen LogP contribution in [0.4, 0.5) is 4.79 Å². The Morgan fingerprint density at radius 3 is 2.10 bits per heavy atom. The summed E-state index contributed by atoms with van der Waals surface area (Å²) in [5.74, 6) is -0.380. The number of ether oxygens (including phenoxy) is 4. The average molecular weight is 573 g/mol. The first-order chi connectivity index (χ1) is 18.8. The van der Waals surface area contributed by atoms with E-state index in [1.807, 2.05) is 54.6 Å². The van der Waals surface area contributed by atoms with Crippen LogP contribution in [0.2, 0.25) is 25.7 Å². The maximum absolute atomic E-state index is 13.1. The molecule has 0 fully saturated rings. The molecule has 0 aliphatic carbocycles. The number of hydrogen-bond donors (Lipinski definition) is 2. The van der Waals surface area contributed by atoms with Gasteiger partial charge in [-0.3, -0.25) is 4.79 Å². The third-order valence-electron chi connectivity index (χ3n) is 5.74. The summed E-state index contributed by atoms with van der Waals surface area (Å²) in [7, 11) is -0.169. The summed E-state index contributed by atoms with van der Waals surface area (Å²) >= 11 is 0. The number of alkyl carbamates (subject to hydrolysis) is 1. The molecule has 0 spiro atoms. The molecule has 2 aromatic rings. The highest BCUT2D eigenvalue weighted by Gasteiger charge is 2.28. The summed E-state index contributed by atoms with van der Waals surface area (Å²) < 4.78 is 21.6. The zero-order valence-electron chi connectivity index (χ0n) is 24.7. The summed E-state index contributed by atoms with van der Waals surface area (Å²) in [5.41, 5.74) is 1.20. The summed E-state index contributed by atoms with van der Waals surface area (Å²) in [6, 6.07) is 16.4. The second kappa shape index (κ2) is 15.4. The average Bonchev–Trinajstić information content (AvgIpc) is 2.88. The van der Waals surface area contributed by atoms with Crippen LogP contribution in [0.25, 0.3) is 0 Å². The van der Waals surface area contributed by atoms with Crippen LogP contribution in [0.1, 0.15) is 31.9 Å². The van der Waals surface area contributed by atoms with Crippen molar-refractivity contribution in [2.75, 3.05) is 20.3 Å². The number of carbonyl (C=O) groups is 3. The maximum atomic E-state index is 13.1. The molecule has 9 nitrogen and oxygen atoms in total. The predicted octanol–water partition coefficient (Wildman–Crippen LogP) is 4.71. The van der Waals surface area contributed by atoms with E-state index in [-0.39, 0.29) is 6.54 Å². The molecule has 0 radical (unpaired) electrons. The lowest BCUT2D eigenvalue weighted by molar-refractivity contribution is -0.147. The molecule has 1 amide bonds. The van der Waals surface area contributed by atoms with Crippen molar-refractivity contribution in [1.29, 1.82) is 0 Å². The summed E-state index contributed by atoms with van der Waals surface area (Å²) in [5, 5.41) is 5.61. The SMILES string of the molecule is COC(=O)[C@H](CN[C@@H](Cc1ccc(OCc2ccccc2)cc1)C(=O)OCC[Si](C)(C)C)NC(=O)OC(C)(C)C. The number of hydrogen-bond acceptors (Lipinski definition) is 8. The van der Waals surface area contributed by atoms with E-state index in [1.54, 1.807) is 20.8 Å². The molecular weight excluding hydrogens is 528 g/mol. The Labute approximate surface area is 238 Å². The molecule has 10 heteroatoms. The molecule has 2 atom stereocenters. The molecular formula is C30H44N2O7Si. The molecule has 0 saturated heterocycles. The van der Waals surface area contributed by atoms with Crippen LogP contribution in [0, 0.1) is 0 Å². The fourth-order valence-electron chi connectivity index (χ4n) is 3.54. The van der Waals surface area contributed by atoms with E-state index in [0.29, 0.717) is 25.4 Å². The lowest BCUT2D eigenvalue weighted by Crippen LogP contribution is -2.52. The first kappa shape index (κ1) is 32.8. The summed E-state index contributed by atoms with van der Waals surface area (Å²) in [4.78, 5) is 37.8. The van der Waals surface area contributed by atoms with Crippen molar-refractivity contribution >= 4 is 26.1 Å². The van der Waals surface area contributed by atoms with Gasteiger partial charge in [-0.15, -0.1) is 0 Å². The molecule has 0 unspecified atom stereocenters. The van der Waals surface area contributed by atoms with Gasteiger partial charge in [-0.05, 0) is 56.5 Å². The van der Waals surface area contributed by atoms with Gasteiger partial charge in [0.1, 0.15) is 30.0 Å². The molecule has 0 saturated carbocycles. The van der Waals surface area contributed by atoms with E-state index in [0.717, 1.165) is 17.2 Å². The Kier molecular flexibility index (Phi) is 12.7. The van der Waals surface area contributed by atoms with Crippen LogP contribution in [0.15, 0.2) is 54.6 Å². The van der Waals surface area contributed by atoms with E-state index in [2.05, 4.69) is 30.3 Å². The summed E-state index contributed by atoms with van der Waals surface area (Å²) in [6.07, 6.45) is -0.449. The van der Waals surface area contributed by atoms with Crippen LogP contribution >= 0.6 is 0 Å². The normalized spacial score (nSPS) is 13.1. The Bertz CT molecular complexity index is 1080. The van der Waals surface area contributed by atoms with Crippen LogP contribution in [0.3, 0.4) is 0 Å². The molecule has 0 aliphatic rings. The number of rotatable bonds is 14. The van der Waals surface area contributed by atoms with Gasteiger partial charge in [0.15, 0.2) is 0 Å². The van der Waals surface area contributed by atoms with E-state index in [1.165, 1.54) is 7.11 Å². The summed E-state index contributed by atoms with van der Waals surface area (Å²) in [6.45, 7) is 12.5. The van der Waals surface area contributed by atoms with Crippen molar-refractivity contribution in [2.45, 2.75) is 77.2 Å². The second-order valence-corrected chi connectivity index (χ2v) is 17.4. The smallest absolute Gasteiger partial charge is 0.408 e. The van der Waals surface area contributed by atoms with Crippen LogP contribution in [-0.2, 0) is 36.8 Å². The Morgan fingerprint density at radius 1 is 0.875 bits per heavy atom. The highest BCUT2D eigenvalue weighted by atomic mass is 28.3. The minimum atomic E-state index is -1.40. The predicted molar refractivity (Wildman–Crippen MR) is 157 cm³/mol. The van der Waals surface area contributed by atoms with E-state index in [9.17, 15) is 14.4 Å². The molecule has 0 aliphatic heterocycles. The number of benzene rings is 2. The molecule has 0 bridgehead atoms. The van der Waals surface area contributed by atoms with Gasteiger partial charge in [-0.1, -0.05) is 62.1 Å². The van der Waals surface area contributed by atoms with Crippen LogP contribution < -0.4 is 15.4 Å². The topological polar surface area (TPSA) is 112 Å². The molecule has 40 heavy (non-hydrogen) atoms. The number of methoxy groups -OCH3 is 1. The van der Waals surface area contributed by atoms with Gasteiger partial charge in [0, 0.05) is 14.6 Å². The fraction of sp³-hybridized carbons (Fsp3) is 0.500. The van der Waals surface area contributed by atoms with Gasteiger partial charge in [-0.25, -0.2) is 9.59 Å². The first-order valence-electron chi connectivity index (χ1n) is 13.5. The van der Waals surface area contributed by atoms with Gasteiger partial charge < -0.3 is 29.6 Å². The minimum absolute atomic E-state index is 0.0576. The number of nitrogens with one attached hydrogen (secondary N) is 2. The van der Waals surface area contributed by atoms with Crippen LogP contribution in [0.5, 0.6) is 5.75 Å². The minimum Gasteiger partial charge on any atom is -0.489 e. The largest absolute Gasteiger partial charge is 0.489 e. The van der Waals surface area contributed by atoms with Crippen molar-refractivity contribution in [2.24, 2.45) is 0 Å². The van der Waals surface area contributed by atoms with Crippen molar-refractivity contribution in [3.63, 3.8) is 0 Å². The third kappa shape index (κ3) is 13.1. The highest BCUT2D eigenvalue weighted by molar-refractivity contribution is 6.76. The monoisotopic (exact) mass is 572 g/mol. The molecule has 2 aromatic carbocycles. The van der Waals surface area contributed by atoms with Crippen molar-refractivity contribution in [3.05, 3.63) is 65.7 Å². The Balaban J connectivity index is 2.09. The van der Waals surface area contributed by atoms with Gasteiger partial charge >= 0.3 is 18.0 Å². The maximum Gasteiger partial charge on any atom is 0.408 e. The zero-order chi connectivity index (χ0) is 29.8. The highest BCUT2D eigenvalue weighted by Crippen LogP contribution is 2.16. The van der Waals surface area contributed by atoms with Gasteiger partial charge in [0.2, 0.25) is 0 Å². The molecule has 220 valence electrons. The zero-order valence-corrected chi connectivity index (χ0v) is 25.7. The lowest BCUT2D eigenvalue weighted by Gasteiger charge is -2.24. The van der Waals surface area contributed by atoms with Crippen molar-refractivity contribution in [3.8, 4) is 5.75 Å². The van der Waals surface area contributed by atoms with E-state index in [4.69, 9.17) is 18.9 Å². The molecule has 2 rings (SSSR count). The Hall–Kier alpha value is -3.37.